The lowest BCUT2D eigenvalue weighted by molar-refractivity contribution is -0.136. The smallest absolute Gasteiger partial charge is 0.410 e. The summed E-state index contributed by atoms with van der Waals surface area (Å²) < 4.78 is 10.7. The lowest BCUT2D eigenvalue weighted by Gasteiger charge is -2.38. The van der Waals surface area contributed by atoms with Crippen molar-refractivity contribution in [1.82, 2.24) is 14.7 Å². The quantitative estimate of drug-likeness (QED) is 0.536. The Labute approximate surface area is 172 Å². The highest BCUT2D eigenvalue weighted by Crippen LogP contribution is 2.33. The zero-order valence-corrected chi connectivity index (χ0v) is 17.6. The van der Waals surface area contributed by atoms with Crippen LogP contribution in [0.3, 0.4) is 0 Å². The summed E-state index contributed by atoms with van der Waals surface area (Å²) >= 11 is 0. The van der Waals surface area contributed by atoms with E-state index in [-0.39, 0.29) is 43.4 Å². The van der Waals surface area contributed by atoms with Gasteiger partial charge in [0.2, 0.25) is 5.91 Å². The Morgan fingerprint density at radius 2 is 2.00 bits per heavy atom. The molecule has 11 heteroatoms. The van der Waals surface area contributed by atoms with Gasteiger partial charge in [0.05, 0.1) is 19.8 Å². The maximum atomic E-state index is 12.2. The summed E-state index contributed by atoms with van der Waals surface area (Å²) in [5.74, 6) is -0.252. The van der Waals surface area contributed by atoms with Crippen molar-refractivity contribution in [2.24, 2.45) is 5.73 Å². The number of piperidine rings is 1. The van der Waals surface area contributed by atoms with Gasteiger partial charge in [-0.25, -0.2) is 4.79 Å². The SMILES string of the molecule is COCCN(C)CCN1CC2(CCN(C(=O)[C@@H](N)CO)CC2)OC1=O.Cl.Cl. The van der Waals surface area contributed by atoms with E-state index < -0.39 is 11.6 Å². The molecule has 27 heavy (non-hydrogen) atoms. The molecule has 2 heterocycles. The van der Waals surface area contributed by atoms with Gasteiger partial charge in [-0.3, -0.25) is 4.79 Å². The van der Waals surface area contributed by atoms with Gasteiger partial charge in [0, 0.05) is 52.7 Å². The number of amides is 2. The van der Waals surface area contributed by atoms with E-state index in [1.165, 1.54) is 0 Å². The molecule has 0 bridgehead atoms. The molecule has 0 aliphatic carbocycles. The van der Waals surface area contributed by atoms with Crippen LogP contribution in [0.2, 0.25) is 0 Å². The van der Waals surface area contributed by atoms with E-state index in [0.717, 1.165) is 13.1 Å². The van der Waals surface area contributed by atoms with Crippen molar-refractivity contribution in [3.05, 3.63) is 0 Å². The molecule has 0 aromatic rings. The molecule has 2 aliphatic rings. The first-order chi connectivity index (χ1) is 11.9. The van der Waals surface area contributed by atoms with Gasteiger partial charge in [-0.05, 0) is 7.05 Å². The number of nitrogens with zero attached hydrogens (tertiary/aromatic N) is 3. The fourth-order valence-corrected chi connectivity index (χ4v) is 3.22. The lowest BCUT2D eigenvalue weighted by atomic mass is 9.91. The predicted octanol–water partition coefficient (Wildman–Crippen LogP) is -0.459. The van der Waals surface area contributed by atoms with Crippen LogP contribution in [0.25, 0.3) is 0 Å². The number of likely N-dealkylation sites (tertiary alicyclic amines) is 1. The second kappa shape index (κ2) is 11.9. The van der Waals surface area contributed by atoms with Gasteiger partial charge in [-0.15, -0.1) is 24.8 Å². The molecule has 0 unspecified atom stereocenters. The fraction of sp³-hybridized carbons (Fsp3) is 0.875. The number of carbonyl (C=O) groups excluding carboxylic acids is 2. The van der Waals surface area contributed by atoms with E-state index in [1.54, 1.807) is 16.9 Å². The molecule has 2 saturated heterocycles. The number of likely N-dealkylation sites (N-methyl/N-ethyl adjacent to an activating group) is 1. The molecule has 0 aromatic carbocycles. The molecule has 0 aromatic heterocycles. The van der Waals surface area contributed by atoms with E-state index in [0.29, 0.717) is 45.6 Å². The van der Waals surface area contributed by atoms with E-state index in [2.05, 4.69) is 4.90 Å². The van der Waals surface area contributed by atoms with Crippen LogP contribution in [0.4, 0.5) is 4.79 Å². The number of aliphatic hydroxyl groups is 1. The zero-order chi connectivity index (χ0) is 18.4. The summed E-state index contributed by atoms with van der Waals surface area (Å²) in [4.78, 5) is 29.7. The Bertz CT molecular complexity index is 478. The number of hydrogen-bond donors (Lipinski definition) is 2. The molecule has 2 rings (SSSR count). The largest absolute Gasteiger partial charge is 0.441 e. The van der Waals surface area contributed by atoms with Gasteiger partial charge in [-0.2, -0.15) is 0 Å². The van der Waals surface area contributed by atoms with E-state index >= 15 is 0 Å². The molecular formula is C16H32Cl2N4O5. The fourth-order valence-electron chi connectivity index (χ4n) is 3.22. The number of hydrogen-bond acceptors (Lipinski definition) is 7. The topological polar surface area (TPSA) is 109 Å². The molecule has 0 radical (unpaired) electrons. The number of carbonyl (C=O) groups is 2. The van der Waals surface area contributed by atoms with Crippen LogP contribution in [-0.4, -0.2) is 110 Å². The molecule has 2 aliphatic heterocycles. The first kappa shape index (κ1) is 26.2. The molecule has 2 amide bonds. The highest BCUT2D eigenvalue weighted by molar-refractivity contribution is 5.85. The van der Waals surface area contributed by atoms with Gasteiger partial charge < -0.3 is 35.0 Å². The minimum atomic E-state index is -0.876. The Morgan fingerprint density at radius 3 is 2.56 bits per heavy atom. The second-order valence-corrected chi connectivity index (χ2v) is 6.88. The van der Waals surface area contributed by atoms with Crippen molar-refractivity contribution in [2.45, 2.75) is 24.5 Å². The summed E-state index contributed by atoms with van der Waals surface area (Å²) in [6.45, 7) is 4.00. The van der Waals surface area contributed by atoms with Crippen LogP contribution >= 0.6 is 24.8 Å². The van der Waals surface area contributed by atoms with E-state index in [1.807, 2.05) is 7.05 Å². The lowest BCUT2D eigenvalue weighted by Crippen LogP contribution is -2.53. The van der Waals surface area contributed by atoms with Gasteiger partial charge >= 0.3 is 6.09 Å². The Morgan fingerprint density at radius 1 is 1.37 bits per heavy atom. The van der Waals surface area contributed by atoms with Crippen LogP contribution in [-0.2, 0) is 14.3 Å². The molecule has 1 atom stereocenters. The van der Waals surface area contributed by atoms with Crippen molar-refractivity contribution in [2.75, 3.05) is 66.6 Å². The van der Waals surface area contributed by atoms with Crippen LogP contribution < -0.4 is 5.73 Å². The van der Waals surface area contributed by atoms with Gasteiger partial charge in [0.25, 0.3) is 0 Å². The number of ether oxygens (including phenoxy) is 2. The van der Waals surface area contributed by atoms with Crippen molar-refractivity contribution in [3.8, 4) is 0 Å². The maximum absolute atomic E-state index is 12.2. The van der Waals surface area contributed by atoms with Crippen molar-refractivity contribution < 1.29 is 24.2 Å². The van der Waals surface area contributed by atoms with Crippen LogP contribution in [0.15, 0.2) is 0 Å². The third kappa shape index (κ3) is 6.92. The highest BCUT2D eigenvalue weighted by atomic mass is 35.5. The summed E-state index contributed by atoms with van der Waals surface area (Å²) in [5.41, 5.74) is 5.08. The minimum absolute atomic E-state index is 0. The molecule has 0 saturated carbocycles. The highest BCUT2D eigenvalue weighted by Gasteiger charge is 2.47. The van der Waals surface area contributed by atoms with Crippen molar-refractivity contribution in [1.29, 1.82) is 0 Å². The summed E-state index contributed by atoms with van der Waals surface area (Å²) in [6, 6.07) is -0.876. The Kier molecular flexibility index (Phi) is 11.5. The van der Waals surface area contributed by atoms with Crippen LogP contribution in [0, 0.1) is 0 Å². The molecule has 3 N–H and O–H groups in total. The summed E-state index contributed by atoms with van der Waals surface area (Å²) in [6.07, 6.45) is 0.907. The predicted molar refractivity (Wildman–Crippen MR) is 106 cm³/mol. The van der Waals surface area contributed by atoms with Gasteiger partial charge in [-0.1, -0.05) is 0 Å². The van der Waals surface area contributed by atoms with Crippen LogP contribution in [0.1, 0.15) is 12.8 Å². The monoisotopic (exact) mass is 430 g/mol. The number of rotatable bonds is 8. The first-order valence-electron chi connectivity index (χ1n) is 8.71. The average molecular weight is 431 g/mol. The van der Waals surface area contributed by atoms with Gasteiger partial charge in [0.15, 0.2) is 0 Å². The number of halogens is 2. The van der Waals surface area contributed by atoms with Crippen molar-refractivity contribution in [3.63, 3.8) is 0 Å². The van der Waals surface area contributed by atoms with Crippen LogP contribution in [0.5, 0.6) is 0 Å². The molecular weight excluding hydrogens is 399 g/mol. The third-order valence-corrected chi connectivity index (χ3v) is 4.97. The summed E-state index contributed by atoms with van der Waals surface area (Å²) in [7, 11) is 3.66. The number of nitrogens with two attached hydrogens (primary N) is 1. The normalized spacial score (nSPS) is 19.5. The van der Waals surface area contributed by atoms with E-state index in [4.69, 9.17) is 20.3 Å². The van der Waals surface area contributed by atoms with Crippen molar-refractivity contribution >= 4 is 36.8 Å². The molecule has 1 spiro atoms. The first-order valence-corrected chi connectivity index (χ1v) is 8.71. The van der Waals surface area contributed by atoms with E-state index in [9.17, 15) is 9.59 Å². The molecule has 160 valence electrons. The second-order valence-electron chi connectivity index (χ2n) is 6.88. The minimum Gasteiger partial charge on any atom is -0.441 e. The average Bonchev–Trinajstić information content (AvgIpc) is 2.92. The summed E-state index contributed by atoms with van der Waals surface area (Å²) in [5, 5.41) is 9.01. The Hall–Kier alpha value is -0.840. The Balaban J connectivity index is 0.00000338. The number of methoxy groups -OCH3 is 1. The molecule has 2 fully saturated rings. The zero-order valence-electron chi connectivity index (χ0n) is 16.0. The third-order valence-electron chi connectivity index (χ3n) is 4.97. The molecule has 9 nitrogen and oxygen atoms in total. The standard InChI is InChI=1S/C16H30N4O5.2ClH/c1-18(9-10-24-2)7-8-20-12-16(25-15(20)23)3-5-19(6-4-16)14(22)13(17)11-21;;/h13,21H,3-12,17H2,1-2H3;2*1H/t13-;;/m0../s1. The maximum Gasteiger partial charge on any atom is 0.410 e. The van der Waals surface area contributed by atoms with Gasteiger partial charge in [0.1, 0.15) is 11.6 Å². The number of aliphatic hydroxyl groups excluding tert-OH is 1.